The van der Waals surface area contributed by atoms with Crippen LogP contribution in [-0.2, 0) is 35.5 Å². The molecule has 1 aromatic heterocycles. The summed E-state index contributed by atoms with van der Waals surface area (Å²) in [5, 5.41) is 11.0. The fourth-order valence-electron chi connectivity index (χ4n) is 5.87. The average Bonchev–Trinajstić information content (AvgIpc) is 3.11. The zero-order valence-electron chi connectivity index (χ0n) is 27.9. The second-order valence-electron chi connectivity index (χ2n) is 11.4. The number of carbonyl (C=O) groups excluding carboxylic acids is 1. The lowest BCUT2D eigenvalue weighted by molar-refractivity contribution is -0.140. The lowest BCUT2D eigenvalue weighted by Crippen LogP contribution is -2.30. The number of benzene rings is 3. The summed E-state index contributed by atoms with van der Waals surface area (Å²) in [6, 6.07) is 18.2. The zero-order valence-corrected chi connectivity index (χ0v) is 27.9. The predicted octanol–water partition coefficient (Wildman–Crippen LogP) is 5.25. The van der Waals surface area contributed by atoms with E-state index < -0.39 is 23.1 Å². The number of esters is 1. The maximum Gasteiger partial charge on any atom is 0.306 e. The summed E-state index contributed by atoms with van der Waals surface area (Å²) >= 11 is 0. The largest absolute Gasteiger partial charge is 0.502 e. The number of aromatic hydroxyl groups is 1. The molecule has 0 bridgehead atoms. The summed E-state index contributed by atoms with van der Waals surface area (Å²) in [6.07, 6.45) is 1.25. The smallest absolute Gasteiger partial charge is 0.306 e. The third-order valence-corrected chi connectivity index (χ3v) is 8.49. The third kappa shape index (κ3) is 7.86. The Hall–Kier alpha value is -5.16. The normalized spacial score (nSPS) is 13.3. The monoisotopic (exact) mass is 659 g/mol. The molecule has 5 rings (SSSR count). The van der Waals surface area contributed by atoms with Crippen molar-refractivity contribution in [2.24, 2.45) is 0 Å². The highest BCUT2D eigenvalue weighted by Gasteiger charge is 2.28. The van der Waals surface area contributed by atoms with Crippen molar-refractivity contribution in [1.82, 2.24) is 4.90 Å². The molecular weight excluding hydrogens is 618 g/mol. The van der Waals surface area contributed by atoms with E-state index in [1.165, 1.54) is 20.3 Å². The van der Waals surface area contributed by atoms with E-state index in [9.17, 15) is 14.7 Å². The first kappa shape index (κ1) is 34.2. The molecule has 0 unspecified atom stereocenters. The minimum atomic E-state index is -0.842. The molecule has 0 fully saturated rings. The second kappa shape index (κ2) is 15.6. The Balaban J connectivity index is 1.38. The van der Waals surface area contributed by atoms with Crippen LogP contribution < -0.4 is 29.1 Å². The van der Waals surface area contributed by atoms with Gasteiger partial charge in [-0.2, -0.15) is 0 Å². The third-order valence-electron chi connectivity index (χ3n) is 8.49. The van der Waals surface area contributed by atoms with Crippen LogP contribution in [0.1, 0.15) is 46.1 Å². The van der Waals surface area contributed by atoms with Gasteiger partial charge in [-0.15, -0.1) is 0 Å². The van der Waals surface area contributed by atoms with Gasteiger partial charge in [0, 0.05) is 25.6 Å². The Labute approximate surface area is 279 Å². The predicted molar refractivity (Wildman–Crippen MR) is 178 cm³/mol. The molecule has 0 saturated carbocycles. The number of methoxy groups -OCH3 is 5. The molecule has 0 spiro atoms. The van der Waals surface area contributed by atoms with Gasteiger partial charge in [-0.05, 0) is 65.1 Å². The van der Waals surface area contributed by atoms with E-state index in [1.54, 1.807) is 39.5 Å². The molecule has 1 N–H and O–H groups in total. The topological polar surface area (TPSA) is 126 Å². The van der Waals surface area contributed by atoms with Crippen LogP contribution in [0.4, 0.5) is 0 Å². The van der Waals surface area contributed by atoms with E-state index in [0.717, 1.165) is 28.9 Å². The van der Waals surface area contributed by atoms with Gasteiger partial charge in [0.25, 0.3) is 0 Å². The van der Waals surface area contributed by atoms with E-state index in [-0.39, 0.29) is 12.2 Å². The molecule has 4 aromatic rings. The van der Waals surface area contributed by atoms with Crippen molar-refractivity contribution in [3.05, 3.63) is 105 Å². The molecule has 254 valence electrons. The molecule has 11 nitrogen and oxygen atoms in total. The highest BCUT2D eigenvalue weighted by Crippen LogP contribution is 2.39. The highest BCUT2D eigenvalue weighted by molar-refractivity contribution is 5.71. The Bertz CT molecular complexity index is 1780. The van der Waals surface area contributed by atoms with E-state index in [0.29, 0.717) is 67.0 Å². The minimum Gasteiger partial charge on any atom is -0.502 e. The van der Waals surface area contributed by atoms with Gasteiger partial charge in [-0.3, -0.25) is 14.5 Å². The number of fused-ring (bicyclic) bond motifs is 1. The van der Waals surface area contributed by atoms with Crippen LogP contribution in [0, 0.1) is 0 Å². The molecular formula is C37H41NO10. The van der Waals surface area contributed by atoms with Crippen molar-refractivity contribution < 1.29 is 42.7 Å². The Morgan fingerprint density at radius 1 is 0.854 bits per heavy atom. The molecule has 11 heteroatoms. The maximum absolute atomic E-state index is 13.1. The summed E-state index contributed by atoms with van der Waals surface area (Å²) < 4.78 is 39.0. The summed E-state index contributed by atoms with van der Waals surface area (Å²) in [5.41, 5.74) is 3.31. The summed E-state index contributed by atoms with van der Waals surface area (Å²) in [4.78, 5) is 27.8. The molecule has 2 heterocycles. The SMILES string of the molecule is COC(=O)C[C@H](c1ccc(OCCc2ccc(OC)cc2)c(OC)c1)c1oc(CN2CCc3cc(OC)c(OC)cc3C2)cc(=O)c1O. The molecule has 1 aliphatic heterocycles. The van der Waals surface area contributed by atoms with Crippen molar-refractivity contribution >= 4 is 5.97 Å². The van der Waals surface area contributed by atoms with Gasteiger partial charge in [0.1, 0.15) is 11.5 Å². The van der Waals surface area contributed by atoms with Gasteiger partial charge in [-0.1, -0.05) is 18.2 Å². The molecule has 0 amide bonds. The standard InChI is InChI=1S/C37H41NO10/c1-42-27-9-6-23(7-10-27)13-15-47-31-11-8-25(17-32(31)43-2)29(20-35(40)46-5)37-36(41)30(39)19-28(48-37)22-38-14-12-24-16-33(44-3)34(45-4)18-26(24)21-38/h6-11,16-19,29,41H,12-15,20-22H2,1-5H3/t29-/m1/s1. The molecule has 0 radical (unpaired) electrons. The fraction of sp³-hybridized carbons (Fsp3) is 0.351. The van der Waals surface area contributed by atoms with Crippen LogP contribution in [0.5, 0.6) is 34.5 Å². The lowest BCUT2D eigenvalue weighted by atomic mass is 9.91. The van der Waals surface area contributed by atoms with Crippen LogP contribution in [0.3, 0.4) is 0 Å². The van der Waals surface area contributed by atoms with Gasteiger partial charge in [-0.25, -0.2) is 0 Å². The van der Waals surface area contributed by atoms with E-state index in [2.05, 4.69) is 4.90 Å². The summed E-state index contributed by atoms with van der Waals surface area (Å²) in [5.74, 6) is 1.43. The molecule has 0 saturated heterocycles. The molecule has 48 heavy (non-hydrogen) atoms. The van der Waals surface area contributed by atoms with Gasteiger partial charge in [0.05, 0.1) is 61.0 Å². The number of hydrogen-bond acceptors (Lipinski definition) is 11. The Morgan fingerprint density at radius 3 is 2.21 bits per heavy atom. The molecule has 1 atom stereocenters. The summed E-state index contributed by atoms with van der Waals surface area (Å²) in [6.45, 7) is 2.02. The Kier molecular flexibility index (Phi) is 11.1. The molecule has 1 aliphatic rings. The first-order valence-electron chi connectivity index (χ1n) is 15.6. The number of rotatable bonds is 14. The zero-order chi connectivity index (χ0) is 34.2. The number of hydrogen-bond donors (Lipinski definition) is 1. The first-order chi connectivity index (χ1) is 23.3. The van der Waals surface area contributed by atoms with E-state index in [1.807, 2.05) is 36.4 Å². The van der Waals surface area contributed by atoms with Gasteiger partial charge in [0.2, 0.25) is 11.2 Å². The van der Waals surface area contributed by atoms with Crippen LogP contribution in [0.15, 0.2) is 69.9 Å². The first-order valence-corrected chi connectivity index (χ1v) is 15.6. The lowest BCUT2D eigenvalue weighted by Gasteiger charge is -2.29. The average molecular weight is 660 g/mol. The van der Waals surface area contributed by atoms with Crippen molar-refractivity contribution in [3.8, 4) is 34.5 Å². The van der Waals surface area contributed by atoms with Gasteiger partial charge in [0.15, 0.2) is 28.8 Å². The number of ether oxygens (including phenoxy) is 6. The number of carbonyl (C=O) groups is 1. The Morgan fingerprint density at radius 2 is 1.54 bits per heavy atom. The van der Waals surface area contributed by atoms with Crippen LogP contribution in [-0.4, -0.2) is 64.7 Å². The fourth-order valence-corrected chi connectivity index (χ4v) is 5.87. The van der Waals surface area contributed by atoms with Crippen molar-refractivity contribution in [1.29, 1.82) is 0 Å². The highest BCUT2D eigenvalue weighted by atomic mass is 16.5. The molecule has 3 aromatic carbocycles. The minimum absolute atomic E-state index is 0.0260. The van der Waals surface area contributed by atoms with Crippen molar-refractivity contribution in [2.45, 2.75) is 38.3 Å². The quantitative estimate of drug-likeness (QED) is 0.178. The van der Waals surface area contributed by atoms with Crippen LogP contribution in [0.25, 0.3) is 0 Å². The van der Waals surface area contributed by atoms with E-state index in [4.69, 9.17) is 32.8 Å². The van der Waals surface area contributed by atoms with Crippen molar-refractivity contribution in [3.63, 3.8) is 0 Å². The van der Waals surface area contributed by atoms with E-state index >= 15 is 0 Å². The van der Waals surface area contributed by atoms with Crippen LogP contribution >= 0.6 is 0 Å². The molecule has 0 aliphatic carbocycles. The van der Waals surface area contributed by atoms with Gasteiger partial charge >= 0.3 is 5.97 Å². The van der Waals surface area contributed by atoms with Crippen LogP contribution in [0.2, 0.25) is 0 Å². The maximum atomic E-state index is 13.1. The summed E-state index contributed by atoms with van der Waals surface area (Å²) in [7, 11) is 7.64. The van der Waals surface area contributed by atoms with Crippen molar-refractivity contribution in [2.75, 3.05) is 48.7 Å². The second-order valence-corrected chi connectivity index (χ2v) is 11.4. The van der Waals surface area contributed by atoms with Gasteiger partial charge < -0.3 is 37.9 Å². The number of nitrogens with zero attached hydrogens (tertiary/aromatic N) is 1.